The van der Waals surface area contributed by atoms with Crippen molar-refractivity contribution in [2.75, 3.05) is 39.2 Å². The van der Waals surface area contributed by atoms with Crippen molar-refractivity contribution in [2.24, 2.45) is 0 Å². The summed E-state index contributed by atoms with van der Waals surface area (Å²) in [5.41, 5.74) is 1.55. The smallest absolute Gasteiger partial charge is 0.337 e. The van der Waals surface area contributed by atoms with E-state index in [2.05, 4.69) is 4.98 Å². The molecule has 0 aliphatic heterocycles. The maximum Gasteiger partial charge on any atom is 0.337 e. The third-order valence-corrected chi connectivity index (χ3v) is 5.51. The lowest BCUT2D eigenvalue weighted by Gasteiger charge is -2.22. The molecule has 0 aliphatic rings. The van der Waals surface area contributed by atoms with Gasteiger partial charge < -0.3 is 9.64 Å². The highest BCUT2D eigenvalue weighted by Crippen LogP contribution is 2.33. The molecule has 29 heavy (non-hydrogen) atoms. The number of anilines is 1. The molecule has 6 nitrogen and oxygen atoms in total. The monoisotopic (exact) mass is 453 g/mol. The molecule has 3 rings (SSSR count). The van der Waals surface area contributed by atoms with Gasteiger partial charge in [-0.15, -0.1) is 12.4 Å². The zero-order chi connectivity index (χ0) is 20.3. The summed E-state index contributed by atoms with van der Waals surface area (Å²) in [4.78, 5) is 33.1. The Kier molecular flexibility index (Phi) is 7.98. The van der Waals surface area contributed by atoms with Crippen LogP contribution in [0.1, 0.15) is 20.7 Å². The molecule has 1 amide bonds. The van der Waals surface area contributed by atoms with Gasteiger partial charge in [0.1, 0.15) is 5.52 Å². The molecule has 9 heteroatoms. The zero-order valence-electron chi connectivity index (χ0n) is 16.2. The first-order valence-corrected chi connectivity index (χ1v) is 9.80. The van der Waals surface area contributed by atoms with E-state index in [4.69, 9.17) is 16.3 Å². The molecular weight excluding hydrogens is 433 g/mol. The molecule has 154 valence electrons. The van der Waals surface area contributed by atoms with Crippen LogP contribution >= 0.6 is 35.3 Å². The number of rotatable bonds is 6. The number of ether oxygens (including phenoxy) is 1. The quantitative estimate of drug-likeness (QED) is 0.518. The molecular formula is C20H21Cl2N3O3S. The number of aromatic nitrogens is 1. The van der Waals surface area contributed by atoms with E-state index in [9.17, 15) is 9.59 Å². The highest BCUT2D eigenvalue weighted by molar-refractivity contribution is 7.22. The van der Waals surface area contributed by atoms with Gasteiger partial charge in [0.05, 0.1) is 22.4 Å². The van der Waals surface area contributed by atoms with Crippen molar-refractivity contribution in [3.8, 4) is 0 Å². The predicted molar refractivity (Wildman–Crippen MR) is 120 cm³/mol. The fourth-order valence-electron chi connectivity index (χ4n) is 2.63. The molecule has 0 atom stereocenters. The lowest BCUT2D eigenvalue weighted by molar-refractivity contribution is 0.0600. The molecule has 0 unspecified atom stereocenters. The molecule has 0 bridgehead atoms. The lowest BCUT2D eigenvalue weighted by atomic mass is 10.1. The fraction of sp³-hybridized carbons (Fsp3) is 0.250. The van der Waals surface area contributed by atoms with Gasteiger partial charge in [0, 0.05) is 18.7 Å². The van der Waals surface area contributed by atoms with Crippen LogP contribution in [-0.2, 0) is 4.74 Å². The number of benzene rings is 2. The molecule has 0 aliphatic carbocycles. The van der Waals surface area contributed by atoms with E-state index in [1.807, 2.05) is 31.1 Å². The van der Waals surface area contributed by atoms with Gasteiger partial charge in [0.2, 0.25) is 0 Å². The van der Waals surface area contributed by atoms with Crippen LogP contribution in [0.25, 0.3) is 10.2 Å². The standard InChI is InChI=1S/C20H20ClN3O3S.ClH/c1-23(2)11-12-24(20-22-17-15(21)5-4-6-16(17)28-20)18(25)13-7-9-14(10-8-13)19(26)27-3;/h4-10H,11-12H2,1-3H3;1H. The Morgan fingerprint density at radius 3 is 2.31 bits per heavy atom. The largest absolute Gasteiger partial charge is 0.465 e. The van der Waals surface area contributed by atoms with E-state index in [1.165, 1.54) is 18.4 Å². The first-order chi connectivity index (χ1) is 13.4. The number of carbonyl (C=O) groups is 2. The highest BCUT2D eigenvalue weighted by atomic mass is 35.5. The number of halogens is 2. The minimum Gasteiger partial charge on any atom is -0.465 e. The Labute approximate surface area is 184 Å². The van der Waals surface area contributed by atoms with Gasteiger partial charge in [-0.1, -0.05) is 29.0 Å². The van der Waals surface area contributed by atoms with Crippen molar-refractivity contribution >= 4 is 62.6 Å². The number of fused-ring (bicyclic) bond motifs is 1. The topological polar surface area (TPSA) is 62.7 Å². The number of hydrogen-bond acceptors (Lipinski definition) is 6. The summed E-state index contributed by atoms with van der Waals surface area (Å²) >= 11 is 7.67. The van der Waals surface area contributed by atoms with Crippen LogP contribution in [-0.4, -0.2) is 56.1 Å². The van der Waals surface area contributed by atoms with Crippen LogP contribution in [0, 0.1) is 0 Å². The summed E-state index contributed by atoms with van der Waals surface area (Å²) in [5.74, 6) is -0.627. The van der Waals surface area contributed by atoms with Crippen molar-refractivity contribution in [1.29, 1.82) is 0 Å². The second-order valence-electron chi connectivity index (χ2n) is 6.41. The van der Waals surface area contributed by atoms with Crippen LogP contribution < -0.4 is 4.90 Å². The van der Waals surface area contributed by atoms with Gasteiger partial charge in [-0.05, 0) is 50.5 Å². The summed E-state index contributed by atoms with van der Waals surface area (Å²) < 4.78 is 5.62. The number of amides is 1. The summed E-state index contributed by atoms with van der Waals surface area (Å²) in [5, 5.41) is 1.15. The molecule has 0 N–H and O–H groups in total. The minimum absolute atomic E-state index is 0. The molecule has 1 heterocycles. The highest BCUT2D eigenvalue weighted by Gasteiger charge is 2.22. The van der Waals surface area contributed by atoms with Crippen molar-refractivity contribution in [1.82, 2.24) is 9.88 Å². The van der Waals surface area contributed by atoms with E-state index >= 15 is 0 Å². The van der Waals surface area contributed by atoms with Crippen LogP contribution in [0.3, 0.4) is 0 Å². The number of para-hydroxylation sites is 1. The molecule has 2 aromatic carbocycles. The van der Waals surface area contributed by atoms with Crippen molar-refractivity contribution in [3.05, 3.63) is 58.6 Å². The summed E-state index contributed by atoms with van der Waals surface area (Å²) in [6, 6.07) is 12.0. The maximum absolute atomic E-state index is 13.2. The van der Waals surface area contributed by atoms with E-state index < -0.39 is 5.97 Å². The summed E-state index contributed by atoms with van der Waals surface area (Å²) in [6.45, 7) is 1.15. The van der Waals surface area contributed by atoms with Crippen LogP contribution in [0.2, 0.25) is 5.02 Å². The van der Waals surface area contributed by atoms with Crippen LogP contribution in [0.5, 0.6) is 0 Å². The molecule has 1 aromatic heterocycles. The van der Waals surface area contributed by atoms with Gasteiger partial charge in [-0.25, -0.2) is 9.78 Å². The van der Waals surface area contributed by atoms with E-state index in [-0.39, 0.29) is 18.3 Å². The van der Waals surface area contributed by atoms with Gasteiger partial charge in [-0.2, -0.15) is 0 Å². The Hall–Kier alpha value is -2.19. The second kappa shape index (κ2) is 10.0. The Bertz CT molecular complexity index is 1010. The first-order valence-electron chi connectivity index (χ1n) is 8.60. The fourth-order valence-corrected chi connectivity index (χ4v) is 3.92. The number of esters is 1. The molecule has 0 radical (unpaired) electrons. The van der Waals surface area contributed by atoms with Gasteiger partial charge in [-0.3, -0.25) is 9.69 Å². The van der Waals surface area contributed by atoms with E-state index in [0.717, 1.165) is 4.70 Å². The molecule has 0 saturated heterocycles. The van der Waals surface area contributed by atoms with Crippen LogP contribution in [0.15, 0.2) is 42.5 Å². The third kappa shape index (κ3) is 5.25. The average molecular weight is 454 g/mol. The predicted octanol–water partition coefficient (Wildman–Crippen LogP) is 4.37. The van der Waals surface area contributed by atoms with Gasteiger partial charge in [0.25, 0.3) is 5.91 Å². The SMILES string of the molecule is COC(=O)c1ccc(C(=O)N(CCN(C)C)c2nc3c(Cl)cccc3s2)cc1.Cl. The van der Waals surface area contributed by atoms with E-state index in [1.54, 1.807) is 35.2 Å². The second-order valence-corrected chi connectivity index (χ2v) is 7.83. The number of likely N-dealkylation sites (N-methyl/N-ethyl adjacent to an activating group) is 1. The third-order valence-electron chi connectivity index (χ3n) is 4.16. The lowest BCUT2D eigenvalue weighted by Crippen LogP contribution is -2.36. The molecule has 3 aromatic rings. The molecule has 0 fully saturated rings. The number of thiazole rings is 1. The summed E-state index contributed by atoms with van der Waals surface area (Å²) in [7, 11) is 5.22. The van der Waals surface area contributed by atoms with Crippen molar-refractivity contribution < 1.29 is 14.3 Å². The number of hydrogen-bond donors (Lipinski definition) is 0. The zero-order valence-corrected chi connectivity index (χ0v) is 18.6. The minimum atomic E-state index is -0.440. The van der Waals surface area contributed by atoms with Gasteiger partial charge in [0.15, 0.2) is 5.13 Å². The maximum atomic E-state index is 13.2. The van der Waals surface area contributed by atoms with E-state index in [0.29, 0.717) is 39.9 Å². The number of nitrogens with zero attached hydrogens (tertiary/aromatic N) is 3. The summed E-state index contributed by atoms with van der Waals surface area (Å²) in [6.07, 6.45) is 0. The number of carbonyl (C=O) groups excluding carboxylic acids is 2. The van der Waals surface area contributed by atoms with Crippen LogP contribution in [0.4, 0.5) is 5.13 Å². The Morgan fingerprint density at radius 1 is 1.07 bits per heavy atom. The first kappa shape index (κ1) is 23.1. The molecule has 0 saturated carbocycles. The average Bonchev–Trinajstić information content (AvgIpc) is 3.12. The van der Waals surface area contributed by atoms with Gasteiger partial charge >= 0.3 is 5.97 Å². The van der Waals surface area contributed by atoms with Crippen molar-refractivity contribution in [3.63, 3.8) is 0 Å². The normalized spacial score (nSPS) is 10.7. The van der Waals surface area contributed by atoms with Crippen molar-refractivity contribution in [2.45, 2.75) is 0 Å². The molecule has 0 spiro atoms. The number of methoxy groups -OCH3 is 1. The Balaban J connectivity index is 0.00000300. The Morgan fingerprint density at radius 2 is 1.72 bits per heavy atom.